The third-order valence-corrected chi connectivity index (χ3v) is 5.54. The zero-order chi connectivity index (χ0) is 18.5. The number of hydrogen-bond acceptors (Lipinski definition) is 4. The number of piperidine rings is 1. The molecule has 0 aromatic heterocycles. The standard InChI is InChI=1S/C19H34N2O4/c1-18(2,3)25-17(24)21-12-9-19(10-13-21,16(23)20-11-14-22)15-7-5-4-6-8-15/h15,22H,4-14H2,1-3H3,(H,20,23). The van der Waals surface area contributed by atoms with Crippen LogP contribution in [0.15, 0.2) is 0 Å². The topological polar surface area (TPSA) is 78.9 Å². The lowest BCUT2D eigenvalue weighted by molar-refractivity contribution is -0.139. The van der Waals surface area contributed by atoms with Crippen LogP contribution >= 0.6 is 0 Å². The number of ether oxygens (including phenoxy) is 1. The quantitative estimate of drug-likeness (QED) is 0.813. The van der Waals surface area contributed by atoms with Gasteiger partial charge in [0.05, 0.1) is 12.0 Å². The van der Waals surface area contributed by atoms with E-state index in [9.17, 15) is 9.59 Å². The Hall–Kier alpha value is -1.30. The van der Waals surface area contributed by atoms with Crippen molar-refractivity contribution in [1.82, 2.24) is 10.2 Å². The molecule has 6 nitrogen and oxygen atoms in total. The van der Waals surface area contributed by atoms with E-state index < -0.39 is 11.0 Å². The predicted octanol–water partition coefficient (Wildman–Crippen LogP) is 2.69. The molecule has 144 valence electrons. The molecule has 25 heavy (non-hydrogen) atoms. The Labute approximate surface area is 151 Å². The fourth-order valence-electron chi connectivity index (χ4n) is 4.24. The summed E-state index contributed by atoms with van der Waals surface area (Å²) in [4.78, 5) is 27.0. The Kier molecular flexibility index (Phi) is 6.72. The number of nitrogens with zero attached hydrogens (tertiary/aromatic N) is 1. The van der Waals surface area contributed by atoms with Crippen LogP contribution < -0.4 is 5.32 Å². The Morgan fingerprint density at radius 2 is 1.76 bits per heavy atom. The van der Waals surface area contributed by atoms with Gasteiger partial charge in [0.1, 0.15) is 5.60 Å². The fourth-order valence-corrected chi connectivity index (χ4v) is 4.24. The molecule has 2 rings (SSSR count). The molecular formula is C19H34N2O4. The van der Waals surface area contributed by atoms with Crippen molar-refractivity contribution in [2.75, 3.05) is 26.2 Å². The monoisotopic (exact) mass is 354 g/mol. The number of aliphatic hydroxyl groups excluding tert-OH is 1. The highest BCUT2D eigenvalue weighted by Gasteiger charge is 2.48. The van der Waals surface area contributed by atoms with Crippen LogP contribution in [0.3, 0.4) is 0 Å². The molecule has 2 amide bonds. The maximum atomic E-state index is 12.9. The molecule has 0 bridgehead atoms. The van der Waals surface area contributed by atoms with Gasteiger partial charge >= 0.3 is 6.09 Å². The van der Waals surface area contributed by atoms with Gasteiger partial charge in [-0.1, -0.05) is 19.3 Å². The number of rotatable bonds is 4. The molecule has 0 aromatic carbocycles. The summed E-state index contributed by atoms with van der Waals surface area (Å²) in [6, 6.07) is 0. The summed E-state index contributed by atoms with van der Waals surface area (Å²) in [5.41, 5.74) is -0.915. The Morgan fingerprint density at radius 1 is 1.16 bits per heavy atom. The minimum Gasteiger partial charge on any atom is -0.444 e. The molecule has 2 N–H and O–H groups in total. The molecule has 1 aliphatic carbocycles. The number of likely N-dealkylation sites (tertiary alicyclic amines) is 1. The van der Waals surface area contributed by atoms with Crippen LogP contribution in [0.4, 0.5) is 4.79 Å². The first-order valence-electron chi connectivity index (χ1n) is 9.65. The minimum atomic E-state index is -0.506. The molecule has 0 atom stereocenters. The van der Waals surface area contributed by atoms with Gasteiger partial charge in [-0.2, -0.15) is 0 Å². The maximum absolute atomic E-state index is 12.9. The molecule has 1 heterocycles. The average molecular weight is 354 g/mol. The van der Waals surface area contributed by atoms with Crippen molar-refractivity contribution in [3.63, 3.8) is 0 Å². The third kappa shape index (κ3) is 5.09. The van der Waals surface area contributed by atoms with Gasteiger partial charge in [0.15, 0.2) is 0 Å². The van der Waals surface area contributed by atoms with Crippen molar-refractivity contribution in [2.45, 2.75) is 71.3 Å². The lowest BCUT2D eigenvalue weighted by Gasteiger charge is -2.46. The third-order valence-electron chi connectivity index (χ3n) is 5.54. The first kappa shape index (κ1) is 20.0. The van der Waals surface area contributed by atoms with E-state index in [0.29, 0.717) is 38.4 Å². The number of aliphatic hydroxyl groups is 1. The zero-order valence-corrected chi connectivity index (χ0v) is 16.0. The lowest BCUT2D eigenvalue weighted by Crippen LogP contribution is -2.54. The second-order valence-corrected chi connectivity index (χ2v) is 8.44. The number of carbonyl (C=O) groups excluding carboxylic acids is 2. The summed E-state index contributed by atoms with van der Waals surface area (Å²) >= 11 is 0. The highest BCUT2D eigenvalue weighted by atomic mass is 16.6. The van der Waals surface area contributed by atoms with Crippen molar-refractivity contribution in [3.8, 4) is 0 Å². The van der Waals surface area contributed by atoms with Crippen LogP contribution in [-0.2, 0) is 9.53 Å². The molecular weight excluding hydrogens is 320 g/mol. The smallest absolute Gasteiger partial charge is 0.410 e. The van der Waals surface area contributed by atoms with Crippen molar-refractivity contribution < 1.29 is 19.4 Å². The Morgan fingerprint density at radius 3 is 2.28 bits per heavy atom. The molecule has 0 unspecified atom stereocenters. The average Bonchev–Trinajstić information content (AvgIpc) is 2.59. The molecule has 0 aromatic rings. The first-order valence-corrected chi connectivity index (χ1v) is 9.65. The molecule has 6 heteroatoms. The van der Waals surface area contributed by atoms with Crippen LogP contribution in [0.2, 0.25) is 0 Å². The van der Waals surface area contributed by atoms with Gasteiger partial charge in [-0.05, 0) is 52.4 Å². The van der Waals surface area contributed by atoms with E-state index >= 15 is 0 Å². The van der Waals surface area contributed by atoms with Gasteiger partial charge in [0.25, 0.3) is 0 Å². The van der Waals surface area contributed by atoms with Gasteiger partial charge in [-0.25, -0.2) is 4.79 Å². The highest BCUT2D eigenvalue weighted by Crippen LogP contribution is 2.46. The molecule has 1 aliphatic heterocycles. The van der Waals surface area contributed by atoms with Crippen LogP contribution in [0.1, 0.15) is 65.7 Å². The molecule has 1 saturated heterocycles. The molecule has 1 saturated carbocycles. The van der Waals surface area contributed by atoms with E-state index in [4.69, 9.17) is 9.84 Å². The van der Waals surface area contributed by atoms with E-state index in [-0.39, 0.29) is 18.6 Å². The van der Waals surface area contributed by atoms with E-state index in [2.05, 4.69) is 5.32 Å². The van der Waals surface area contributed by atoms with E-state index in [1.165, 1.54) is 19.3 Å². The molecule has 0 spiro atoms. The van der Waals surface area contributed by atoms with Crippen LogP contribution in [-0.4, -0.2) is 53.8 Å². The highest BCUT2D eigenvalue weighted by molar-refractivity contribution is 5.83. The van der Waals surface area contributed by atoms with E-state index in [0.717, 1.165) is 12.8 Å². The first-order chi connectivity index (χ1) is 11.8. The Balaban J connectivity index is 2.06. The number of carbonyl (C=O) groups is 2. The SMILES string of the molecule is CC(C)(C)OC(=O)N1CCC(C(=O)NCCO)(C2CCCCC2)CC1. The van der Waals surface area contributed by atoms with Crippen LogP contribution in [0.5, 0.6) is 0 Å². The van der Waals surface area contributed by atoms with E-state index in [1.807, 2.05) is 20.8 Å². The van der Waals surface area contributed by atoms with E-state index in [1.54, 1.807) is 4.90 Å². The van der Waals surface area contributed by atoms with Gasteiger partial charge in [0.2, 0.25) is 5.91 Å². The summed E-state index contributed by atoms with van der Waals surface area (Å²) in [5.74, 6) is 0.429. The second kappa shape index (κ2) is 8.39. The normalized spacial score (nSPS) is 21.7. The molecule has 2 fully saturated rings. The number of hydrogen-bond donors (Lipinski definition) is 2. The van der Waals surface area contributed by atoms with Gasteiger partial charge in [0, 0.05) is 19.6 Å². The summed E-state index contributed by atoms with van der Waals surface area (Å²) < 4.78 is 5.47. The summed E-state index contributed by atoms with van der Waals surface area (Å²) in [5, 5.41) is 11.9. The largest absolute Gasteiger partial charge is 0.444 e. The van der Waals surface area contributed by atoms with Gasteiger partial charge < -0.3 is 20.1 Å². The van der Waals surface area contributed by atoms with Crippen molar-refractivity contribution >= 4 is 12.0 Å². The number of amides is 2. The maximum Gasteiger partial charge on any atom is 0.410 e. The second-order valence-electron chi connectivity index (χ2n) is 8.44. The summed E-state index contributed by atoms with van der Waals surface area (Å²) in [6.07, 6.45) is 6.82. The zero-order valence-electron chi connectivity index (χ0n) is 16.0. The van der Waals surface area contributed by atoms with Gasteiger partial charge in [-0.3, -0.25) is 4.79 Å². The van der Waals surface area contributed by atoms with Crippen molar-refractivity contribution in [1.29, 1.82) is 0 Å². The van der Waals surface area contributed by atoms with Crippen LogP contribution in [0.25, 0.3) is 0 Å². The fraction of sp³-hybridized carbons (Fsp3) is 0.895. The summed E-state index contributed by atoms with van der Waals surface area (Å²) in [7, 11) is 0. The summed E-state index contributed by atoms with van der Waals surface area (Å²) in [6.45, 7) is 6.95. The Bertz CT molecular complexity index is 459. The van der Waals surface area contributed by atoms with Gasteiger partial charge in [-0.15, -0.1) is 0 Å². The van der Waals surface area contributed by atoms with Crippen molar-refractivity contribution in [3.05, 3.63) is 0 Å². The molecule has 2 aliphatic rings. The lowest BCUT2D eigenvalue weighted by atomic mass is 9.63. The predicted molar refractivity (Wildman–Crippen MR) is 96.1 cm³/mol. The van der Waals surface area contributed by atoms with Crippen molar-refractivity contribution in [2.24, 2.45) is 11.3 Å². The number of nitrogens with one attached hydrogen (secondary N) is 1. The minimum absolute atomic E-state index is 0.0451. The molecule has 0 radical (unpaired) electrons. The van der Waals surface area contributed by atoms with Crippen LogP contribution in [0, 0.1) is 11.3 Å².